The molecule has 3 nitrogen and oxygen atoms in total. The Kier molecular flexibility index (Phi) is 5.49. The van der Waals surface area contributed by atoms with Gasteiger partial charge < -0.3 is 5.32 Å². The summed E-state index contributed by atoms with van der Waals surface area (Å²) in [5, 5.41) is 3.26. The van der Waals surface area contributed by atoms with Crippen molar-refractivity contribution in [3.05, 3.63) is 17.1 Å². The largest absolute Gasteiger partial charge is 0.373 e. The molecule has 1 N–H and O–H groups in total. The van der Waals surface area contributed by atoms with E-state index in [1.807, 2.05) is 18.8 Å². The van der Waals surface area contributed by atoms with Crippen LogP contribution in [0.5, 0.6) is 0 Å². The van der Waals surface area contributed by atoms with E-state index in [0.717, 1.165) is 36.2 Å². The number of thioether (sulfide) groups is 1. The van der Waals surface area contributed by atoms with Gasteiger partial charge in [-0.05, 0) is 37.4 Å². The average Bonchev–Trinajstić information content (AvgIpc) is 2.62. The zero-order valence-electron chi connectivity index (χ0n) is 12.3. The van der Waals surface area contributed by atoms with Gasteiger partial charge in [-0.15, -0.1) is 0 Å². The molecule has 1 heterocycles. The smallest absolute Gasteiger partial charge is 0.140 e. The first-order valence-electron chi connectivity index (χ1n) is 7.35. The number of hydrogen-bond donors (Lipinski definition) is 1. The summed E-state index contributed by atoms with van der Waals surface area (Å²) in [6, 6.07) is 0. The van der Waals surface area contributed by atoms with Gasteiger partial charge in [0.25, 0.3) is 0 Å². The topological polar surface area (TPSA) is 37.8 Å². The lowest BCUT2D eigenvalue weighted by atomic mass is 10.1. The molecule has 1 aliphatic rings. The summed E-state index contributed by atoms with van der Waals surface area (Å²) in [5.41, 5.74) is 2.65. The van der Waals surface area contributed by atoms with Crippen LogP contribution < -0.4 is 5.32 Å². The Balaban J connectivity index is 2.14. The molecule has 1 aromatic rings. The summed E-state index contributed by atoms with van der Waals surface area (Å²) < 4.78 is 0. The van der Waals surface area contributed by atoms with E-state index in [9.17, 15) is 0 Å². The SMILES string of the molecule is CNc1nc(CSCC(C)C)nc2c1CCCCC2. The van der Waals surface area contributed by atoms with Crippen molar-refractivity contribution in [1.29, 1.82) is 0 Å². The molecule has 2 rings (SSSR count). The van der Waals surface area contributed by atoms with Crippen LogP contribution in [0.15, 0.2) is 0 Å². The zero-order valence-corrected chi connectivity index (χ0v) is 13.1. The van der Waals surface area contributed by atoms with Crippen LogP contribution >= 0.6 is 11.8 Å². The number of nitrogens with zero attached hydrogens (tertiary/aromatic N) is 2. The summed E-state index contributed by atoms with van der Waals surface area (Å²) in [7, 11) is 1.97. The van der Waals surface area contributed by atoms with Crippen molar-refractivity contribution in [3.63, 3.8) is 0 Å². The lowest BCUT2D eigenvalue weighted by Crippen LogP contribution is -2.08. The fourth-order valence-corrected chi connectivity index (χ4v) is 3.38. The van der Waals surface area contributed by atoms with Gasteiger partial charge in [0.2, 0.25) is 0 Å². The van der Waals surface area contributed by atoms with Crippen LogP contribution in [0.3, 0.4) is 0 Å². The second-order valence-corrected chi connectivity index (χ2v) is 6.66. The molecule has 1 aliphatic carbocycles. The molecule has 0 aromatic carbocycles. The van der Waals surface area contributed by atoms with Crippen molar-refractivity contribution in [2.45, 2.75) is 51.7 Å². The lowest BCUT2D eigenvalue weighted by Gasteiger charge is -2.13. The molecule has 0 unspecified atom stereocenters. The molecule has 0 aliphatic heterocycles. The third-order valence-electron chi connectivity index (χ3n) is 3.40. The second-order valence-electron chi connectivity index (χ2n) is 5.63. The fourth-order valence-electron chi connectivity index (χ4n) is 2.48. The molecular formula is C15H25N3S. The Morgan fingerprint density at radius 2 is 1.95 bits per heavy atom. The van der Waals surface area contributed by atoms with Crippen LogP contribution in [0.2, 0.25) is 0 Å². The van der Waals surface area contributed by atoms with E-state index in [1.54, 1.807) is 0 Å². The van der Waals surface area contributed by atoms with Crippen molar-refractivity contribution in [2.24, 2.45) is 5.92 Å². The number of anilines is 1. The fraction of sp³-hybridized carbons (Fsp3) is 0.733. The van der Waals surface area contributed by atoms with Gasteiger partial charge in [0.05, 0.1) is 5.75 Å². The third-order valence-corrected chi connectivity index (χ3v) is 4.76. The van der Waals surface area contributed by atoms with Crippen LogP contribution in [0.25, 0.3) is 0 Å². The van der Waals surface area contributed by atoms with Crippen LogP contribution in [-0.4, -0.2) is 22.8 Å². The number of rotatable bonds is 5. The predicted molar refractivity (Wildman–Crippen MR) is 83.8 cm³/mol. The lowest BCUT2D eigenvalue weighted by molar-refractivity contribution is 0.708. The van der Waals surface area contributed by atoms with E-state index in [0.29, 0.717) is 0 Å². The average molecular weight is 279 g/mol. The van der Waals surface area contributed by atoms with E-state index in [4.69, 9.17) is 9.97 Å². The first kappa shape index (κ1) is 14.6. The van der Waals surface area contributed by atoms with E-state index < -0.39 is 0 Å². The van der Waals surface area contributed by atoms with Crippen molar-refractivity contribution in [1.82, 2.24) is 9.97 Å². The van der Waals surface area contributed by atoms with Gasteiger partial charge in [0.15, 0.2) is 0 Å². The number of fused-ring (bicyclic) bond motifs is 1. The number of nitrogens with one attached hydrogen (secondary N) is 1. The standard InChI is InChI=1S/C15H25N3S/c1-11(2)9-19-10-14-17-13-8-6-4-5-7-12(13)15(16-3)18-14/h11H,4-10H2,1-3H3,(H,16,17,18). The molecule has 19 heavy (non-hydrogen) atoms. The van der Waals surface area contributed by atoms with Crippen molar-refractivity contribution < 1.29 is 0 Å². The first-order valence-corrected chi connectivity index (χ1v) is 8.50. The van der Waals surface area contributed by atoms with Crippen LogP contribution in [0, 0.1) is 5.92 Å². The van der Waals surface area contributed by atoms with Gasteiger partial charge in [0.1, 0.15) is 11.6 Å². The van der Waals surface area contributed by atoms with Crippen LogP contribution in [0.4, 0.5) is 5.82 Å². The summed E-state index contributed by atoms with van der Waals surface area (Å²) in [4.78, 5) is 9.51. The summed E-state index contributed by atoms with van der Waals surface area (Å²) in [6.07, 6.45) is 6.11. The van der Waals surface area contributed by atoms with E-state index in [2.05, 4.69) is 19.2 Å². The van der Waals surface area contributed by atoms with Gasteiger partial charge in [-0.3, -0.25) is 0 Å². The van der Waals surface area contributed by atoms with Crippen LogP contribution in [-0.2, 0) is 18.6 Å². The number of hydrogen-bond acceptors (Lipinski definition) is 4. The molecule has 0 saturated heterocycles. The highest BCUT2D eigenvalue weighted by atomic mass is 32.2. The highest BCUT2D eigenvalue weighted by Crippen LogP contribution is 2.25. The monoisotopic (exact) mass is 279 g/mol. The van der Waals surface area contributed by atoms with Crippen LogP contribution in [0.1, 0.15) is 50.2 Å². The minimum atomic E-state index is 0.731. The highest BCUT2D eigenvalue weighted by Gasteiger charge is 2.16. The third kappa shape index (κ3) is 4.10. The Labute approximate surface area is 121 Å². The number of aromatic nitrogens is 2. The van der Waals surface area contributed by atoms with E-state index >= 15 is 0 Å². The van der Waals surface area contributed by atoms with Crippen molar-refractivity contribution >= 4 is 17.6 Å². The zero-order chi connectivity index (χ0) is 13.7. The molecule has 0 amide bonds. The normalized spacial score (nSPS) is 15.2. The summed E-state index contributed by atoms with van der Waals surface area (Å²) in [6.45, 7) is 4.51. The number of aryl methyl sites for hydroxylation is 1. The molecule has 106 valence electrons. The Morgan fingerprint density at radius 3 is 2.68 bits per heavy atom. The minimum Gasteiger partial charge on any atom is -0.373 e. The van der Waals surface area contributed by atoms with Gasteiger partial charge in [0, 0.05) is 18.3 Å². The molecule has 0 spiro atoms. The molecule has 0 fully saturated rings. The second kappa shape index (κ2) is 7.13. The summed E-state index contributed by atoms with van der Waals surface area (Å²) in [5.74, 6) is 4.90. The van der Waals surface area contributed by atoms with Crippen molar-refractivity contribution in [2.75, 3.05) is 18.1 Å². The highest BCUT2D eigenvalue weighted by molar-refractivity contribution is 7.98. The Hall–Kier alpha value is -0.770. The minimum absolute atomic E-state index is 0.731. The van der Waals surface area contributed by atoms with Gasteiger partial charge in [-0.2, -0.15) is 11.8 Å². The Bertz CT molecular complexity index is 418. The van der Waals surface area contributed by atoms with Gasteiger partial charge >= 0.3 is 0 Å². The molecular weight excluding hydrogens is 254 g/mol. The predicted octanol–water partition coefficient (Wildman–Crippen LogP) is 3.68. The molecule has 4 heteroatoms. The maximum Gasteiger partial charge on any atom is 0.140 e. The maximum atomic E-state index is 4.81. The molecule has 0 bridgehead atoms. The summed E-state index contributed by atoms with van der Waals surface area (Å²) >= 11 is 1.94. The Morgan fingerprint density at radius 1 is 1.16 bits per heavy atom. The maximum absolute atomic E-state index is 4.81. The van der Waals surface area contributed by atoms with E-state index in [-0.39, 0.29) is 0 Å². The quantitative estimate of drug-likeness (QED) is 0.834. The molecule has 1 aromatic heterocycles. The van der Waals surface area contributed by atoms with Gasteiger partial charge in [-0.1, -0.05) is 20.3 Å². The van der Waals surface area contributed by atoms with Crippen molar-refractivity contribution in [3.8, 4) is 0 Å². The molecule has 0 atom stereocenters. The van der Waals surface area contributed by atoms with Gasteiger partial charge in [-0.25, -0.2) is 9.97 Å². The molecule has 0 saturated carbocycles. The first-order chi connectivity index (χ1) is 9.20. The molecule has 0 radical (unpaired) electrons. The van der Waals surface area contributed by atoms with E-state index in [1.165, 1.54) is 36.3 Å².